The normalized spacial score (nSPS) is 11.7. The summed E-state index contributed by atoms with van der Waals surface area (Å²) in [6.45, 7) is 1.75. The maximum atomic E-state index is 14.8. The van der Waals surface area contributed by atoms with Crippen molar-refractivity contribution in [2.75, 3.05) is 14.1 Å². The Bertz CT molecular complexity index is 1060. The second kappa shape index (κ2) is 8.77. The van der Waals surface area contributed by atoms with Crippen molar-refractivity contribution >= 4 is 11.9 Å². The number of carboxylic acids is 1. The highest BCUT2D eigenvalue weighted by Gasteiger charge is 2.27. The van der Waals surface area contributed by atoms with Gasteiger partial charge in [0.05, 0.1) is 6.54 Å². The number of nitrogens with one attached hydrogen (secondary N) is 2. The van der Waals surface area contributed by atoms with Crippen LogP contribution in [0.5, 0.6) is 0 Å². The van der Waals surface area contributed by atoms with Crippen LogP contribution >= 0.6 is 0 Å². The third kappa shape index (κ3) is 4.32. The van der Waals surface area contributed by atoms with Gasteiger partial charge in [-0.1, -0.05) is 54.5 Å². The summed E-state index contributed by atoms with van der Waals surface area (Å²) in [6.07, 6.45) is 0. The SMILES string of the molecule is CC(c1ccc(-c2ccccc2)c(F)c1)c1noc(CNC(=N)N(C)C)c1C(=O)O. The van der Waals surface area contributed by atoms with E-state index in [0.717, 1.165) is 5.56 Å². The molecule has 3 N–H and O–H groups in total. The standard InChI is InChI=1S/C22H23FN4O3/c1-13(15-9-10-16(17(23)11-15)14-7-5-4-6-8-14)20-19(21(28)29)18(30-26-20)12-25-22(24)27(2)3/h4-11,13H,12H2,1-3H3,(H2,24,25)(H,28,29). The number of hydrogen-bond acceptors (Lipinski definition) is 4. The van der Waals surface area contributed by atoms with Crippen LogP contribution in [0, 0.1) is 11.2 Å². The van der Waals surface area contributed by atoms with E-state index in [9.17, 15) is 14.3 Å². The van der Waals surface area contributed by atoms with Gasteiger partial charge in [0, 0.05) is 25.6 Å². The first kappa shape index (κ1) is 21.0. The molecule has 0 fully saturated rings. The molecule has 156 valence electrons. The molecule has 3 rings (SSSR count). The average molecular weight is 410 g/mol. The first-order chi connectivity index (χ1) is 14.3. The molecule has 8 heteroatoms. The summed E-state index contributed by atoms with van der Waals surface area (Å²) in [5.74, 6) is -1.87. The van der Waals surface area contributed by atoms with Crippen molar-refractivity contribution < 1.29 is 18.8 Å². The number of guanidine groups is 1. The Morgan fingerprint density at radius 3 is 2.57 bits per heavy atom. The second-order valence-corrected chi connectivity index (χ2v) is 7.09. The van der Waals surface area contributed by atoms with Gasteiger partial charge in [0.25, 0.3) is 0 Å². The van der Waals surface area contributed by atoms with Crippen LogP contribution in [0.1, 0.15) is 40.2 Å². The fourth-order valence-electron chi connectivity index (χ4n) is 3.12. The molecule has 0 saturated carbocycles. The number of carbonyl (C=O) groups is 1. The predicted octanol–water partition coefficient (Wildman–Crippen LogP) is 3.92. The molecule has 30 heavy (non-hydrogen) atoms. The Morgan fingerprint density at radius 1 is 1.27 bits per heavy atom. The minimum Gasteiger partial charge on any atom is -0.477 e. The van der Waals surface area contributed by atoms with Gasteiger partial charge in [0.1, 0.15) is 17.1 Å². The first-order valence-electron chi connectivity index (χ1n) is 9.36. The first-order valence-corrected chi connectivity index (χ1v) is 9.36. The summed E-state index contributed by atoms with van der Waals surface area (Å²) in [5.41, 5.74) is 1.95. The lowest BCUT2D eigenvalue weighted by molar-refractivity contribution is 0.0693. The Hall–Kier alpha value is -3.68. The molecule has 0 aliphatic rings. The largest absolute Gasteiger partial charge is 0.477 e. The fraction of sp³-hybridized carbons (Fsp3) is 0.227. The van der Waals surface area contributed by atoms with Crippen LogP contribution in [0.3, 0.4) is 0 Å². The Balaban J connectivity index is 1.89. The molecule has 0 amide bonds. The van der Waals surface area contributed by atoms with E-state index in [-0.39, 0.29) is 29.5 Å². The van der Waals surface area contributed by atoms with Crippen molar-refractivity contribution in [2.24, 2.45) is 0 Å². The van der Waals surface area contributed by atoms with Gasteiger partial charge in [0.15, 0.2) is 11.7 Å². The molecule has 0 aliphatic heterocycles. The van der Waals surface area contributed by atoms with E-state index in [1.807, 2.05) is 30.3 Å². The van der Waals surface area contributed by atoms with Gasteiger partial charge < -0.3 is 19.8 Å². The van der Waals surface area contributed by atoms with Crippen molar-refractivity contribution in [1.29, 1.82) is 5.41 Å². The number of benzene rings is 2. The Morgan fingerprint density at radius 2 is 1.97 bits per heavy atom. The lowest BCUT2D eigenvalue weighted by Gasteiger charge is -2.14. The topological polar surface area (TPSA) is 102 Å². The Labute approximate surface area is 173 Å². The average Bonchev–Trinajstić information content (AvgIpc) is 3.16. The van der Waals surface area contributed by atoms with Crippen molar-refractivity contribution in [1.82, 2.24) is 15.4 Å². The van der Waals surface area contributed by atoms with E-state index in [2.05, 4.69) is 10.5 Å². The summed E-state index contributed by atoms with van der Waals surface area (Å²) in [7, 11) is 3.38. The summed E-state index contributed by atoms with van der Waals surface area (Å²) < 4.78 is 20.0. The van der Waals surface area contributed by atoms with Crippen LogP contribution in [0.25, 0.3) is 11.1 Å². The van der Waals surface area contributed by atoms with E-state index in [0.29, 0.717) is 11.1 Å². The molecule has 0 spiro atoms. The van der Waals surface area contributed by atoms with Gasteiger partial charge in [-0.2, -0.15) is 0 Å². The zero-order valence-corrected chi connectivity index (χ0v) is 16.9. The molecule has 0 saturated heterocycles. The molecule has 2 aromatic carbocycles. The van der Waals surface area contributed by atoms with E-state index < -0.39 is 17.7 Å². The van der Waals surface area contributed by atoms with Crippen LogP contribution < -0.4 is 5.32 Å². The monoisotopic (exact) mass is 410 g/mol. The lowest BCUT2D eigenvalue weighted by atomic mass is 9.92. The molecule has 0 bridgehead atoms. The van der Waals surface area contributed by atoms with E-state index in [4.69, 9.17) is 9.93 Å². The smallest absolute Gasteiger partial charge is 0.341 e. The summed E-state index contributed by atoms with van der Waals surface area (Å²) in [6, 6.07) is 14.0. The zero-order chi connectivity index (χ0) is 21.8. The molecule has 7 nitrogen and oxygen atoms in total. The molecule has 0 aliphatic carbocycles. The van der Waals surface area contributed by atoms with Gasteiger partial charge in [-0.05, 0) is 17.2 Å². The molecule has 3 aromatic rings. The van der Waals surface area contributed by atoms with Crippen molar-refractivity contribution in [2.45, 2.75) is 19.4 Å². The van der Waals surface area contributed by atoms with Gasteiger partial charge in [-0.25, -0.2) is 9.18 Å². The van der Waals surface area contributed by atoms with Gasteiger partial charge in [0.2, 0.25) is 0 Å². The van der Waals surface area contributed by atoms with E-state index >= 15 is 0 Å². The minimum absolute atomic E-state index is 0.000325. The van der Waals surface area contributed by atoms with Crippen molar-refractivity contribution in [3.05, 3.63) is 76.9 Å². The number of carboxylic acid groups (broad SMARTS) is 1. The van der Waals surface area contributed by atoms with Gasteiger partial charge >= 0.3 is 5.97 Å². The van der Waals surface area contributed by atoms with Crippen LogP contribution in [-0.2, 0) is 6.54 Å². The highest BCUT2D eigenvalue weighted by Crippen LogP contribution is 2.31. The maximum Gasteiger partial charge on any atom is 0.341 e. The minimum atomic E-state index is -1.19. The lowest BCUT2D eigenvalue weighted by Crippen LogP contribution is -2.35. The molecule has 1 aromatic heterocycles. The zero-order valence-electron chi connectivity index (χ0n) is 16.9. The second-order valence-electron chi connectivity index (χ2n) is 7.09. The van der Waals surface area contributed by atoms with E-state index in [1.54, 1.807) is 33.2 Å². The van der Waals surface area contributed by atoms with Crippen LogP contribution in [0.2, 0.25) is 0 Å². The number of hydrogen-bond donors (Lipinski definition) is 3. The van der Waals surface area contributed by atoms with Gasteiger partial charge in [-0.15, -0.1) is 0 Å². The summed E-state index contributed by atoms with van der Waals surface area (Å²) in [5, 5.41) is 24.2. The van der Waals surface area contributed by atoms with Crippen molar-refractivity contribution in [3.8, 4) is 11.1 Å². The third-order valence-corrected chi connectivity index (χ3v) is 4.85. The molecule has 0 radical (unpaired) electrons. The molecule has 1 atom stereocenters. The molecule has 1 unspecified atom stereocenters. The quantitative estimate of drug-likeness (QED) is 0.421. The third-order valence-electron chi connectivity index (χ3n) is 4.85. The van der Waals surface area contributed by atoms with Crippen molar-refractivity contribution in [3.63, 3.8) is 0 Å². The summed E-state index contributed by atoms with van der Waals surface area (Å²) in [4.78, 5) is 13.4. The van der Waals surface area contributed by atoms with Crippen LogP contribution in [0.15, 0.2) is 53.1 Å². The molecule has 1 heterocycles. The maximum absolute atomic E-state index is 14.8. The number of aromatic nitrogens is 1. The molecular weight excluding hydrogens is 387 g/mol. The fourth-order valence-corrected chi connectivity index (χ4v) is 3.12. The number of rotatable bonds is 6. The van der Waals surface area contributed by atoms with E-state index in [1.165, 1.54) is 11.0 Å². The highest BCUT2D eigenvalue weighted by atomic mass is 19.1. The highest BCUT2D eigenvalue weighted by molar-refractivity contribution is 5.90. The predicted molar refractivity (Wildman–Crippen MR) is 111 cm³/mol. The molecular formula is C22H23FN4O3. The Kier molecular flexibility index (Phi) is 6.15. The number of aromatic carboxylic acids is 1. The summed E-state index contributed by atoms with van der Waals surface area (Å²) >= 11 is 0. The number of nitrogens with zero attached hydrogens (tertiary/aromatic N) is 2. The van der Waals surface area contributed by atoms with Crippen LogP contribution in [-0.4, -0.2) is 41.2 Å². The van der Waals surface area contributed by atoms with Gasteiger partial charge in [-0.3, -0.25) is 5.41 Å². The number of halogens is 1. The van der Waals surface area contributed by atoms with Crippen LogP contribution in [0.4, 0.5) is 4.39 Å².